The Morgan fingerprint density at radius 1 is 1.08 bits per heavy atom. The highest BCUT2D eigenvalue weighted by Gasteiger charge is 2.34. The first-order valence-corrected chi connectivity index (χ1v) is 11.8. The summed E-state index contributed by atoms with van der Waals surface area (Å²) in [5.41, 5.74) is 5.16. The number of hydrogen-bond donors (Lipinski definition) is 1. The van der Waals surface area contributed by atoms with Gasteiger partial charge in [0.15, 0.2) is 0 Å². The summed E-state index contributed by atoms with van der Waals surface area (Å²) in [5.74, 6) is -0.791. The quantitative estimate of drug-likeness (QED) is 0.285. The van der Waals surface area contributed by atoms with Crippen LogP contribution in [-0.4, -0.2) is 47.6 Å². The van der Waals surface area contributed by atoms with Gasteiger partial charge in [-0.25, -0.2) is 9.59 Å². The Morgan fingerprint density at radius 2 is 1.78 bits per heavy atom. The fourth-order valence-electron chi connectivity index (χ4n) is 4.43. The minimum Gasteiger partial charge on any atom is -0.463 e. The summed E-state index contributed by atoms with van der Waals surface area (Å²) in [6.07, 6.45) is 1.69. The molecule has 1 aromatic carbocycles. The summed E-state index contributed by atoms with van der Waals surface area (Å²) in [5, 5.41) is 2.64. The Balaban J connectivity index is 1.56. The highest BCUT2D eigenvalue weighted by atomic mass is 16.5. The molecule has 1 N–H and O–H groups in total. The van der Waals surface area contributed by atoms with Gasteiger partial charge < -0.3 is 23.9 Å². The van der Waals surface area contributed by atoms with Crippen LogP contribution < -0.4 is 10.2 Å². The van der Waals surface area contributed by atoms with Crippen LogP contribution in [0.1, 0.15) is 47.1 Å². The molecule has 9 heteroatoms. The Labute approximate surface area is 209 Å². The van der Waals surface area contributed by atoms with Gasteiger partial charge in [-0.2, -0.15) is 0 Å². The second-order valence-corrected chi connectivity index (χ2v) is 8.49. The lowest BCUT2D eigenvalue weighted by molar-refractivity contribution is -0.123. The van der Waals surface area contributed by atoms with Crippen molar-refractivity contribution < 1.29 is 23.5 Å². The molecule has 0 atom stereocenters. The molecule has 0 spiro atoms. The number of urea groups is 1. The molecule has 1 aliphatic rings. The number of aromatic nitrogens is 1. The largest absolute Gasteiger partial charge is 0.463 e. The summed E-state index contributed by atoms with van der Waals surface area (Å²) in [6.45, 7) is 10.0. The van der Waals surface area contributed by atoms with E-state index in [0.717, 1.165) is 40.6 Å². The maximum atomic E-state index is 13.0. The SMILES string of the molecule is CCN(CC)c1ccc(-n2c(C)cc(/C=C3\NC(=O)N(Cc4ccc(C(=O)OC)o4)C3=O)c2C)cc1. The van der Waals surface area contributed by atoms with Crippen molar-refractivity contribution in [1.82, 2.24) is 14.8 Å². The van der Waals surface area contributed by atoms with E-state index in [1.165, 1.54) is 24.9 Å². The molecule has 3 aromatic rings. The van der Waals surface area contributed by atoms with E-state index in [1.54, 1.807) is 6.08 Å². The number of aryl methyl sites for hydroxylation is 1. The number of rotatable bonds is 8. The van der Waals surface area contributed by atoms with E-state index < -0.39 is 17.9 Å². The molecule has 1 fully saturated rings. The monoisotopic (exact) mass is 490 g/mol. The van der Waals surface area contributed by atoms with Gasteiger partial charge in [-0.3, -0.25) is 9.69 Å². The van der Waals surface area contributed by atoms with Crippen LogP contribution in [0.2, 0.25) is 0 Å². The van der Waals surface area contributed by atoms with Crippen LogP contribution in [0.15, 0.2) is 52.6 Å². The zero-order valence-electron chi connectivity index (χ0n) is 21.1. The van der Waals surface area contributed by atoms with Gasteiger partial charge in [0.05, 0.1) is 13.7 Å². The predicted octanol–water partition coefficient (Wildman–Crippen LogP) is 4.41. The van der Waals surface area contributed by atoms with E-state index >= 15 is 0 Å². The van der Waals surface area contributed by atoms with Crippen LogP contribution in [0.3, 0.4) is 0 Å². The number of anilines is 1. The van der Waals surface area contributed by atoms with Crippen LogP contribution in [0, 0.1) is 13.8 Å². The highest BCUT2D eigenvalue weighted by molar-refractivity contribution is 6.13. The summed E-state index contributed by atoms with van der Waals surface area (Å²) < 4.78 is 12.1. The second kappa shape index (κ2) is 10.2. The maximum Gasteiger partial charge on any atom is 0.373 e. The van der Waals surface area contributed by atoms with Crippen LogP contribution in [0.25, 0.3) is 11.8 Å². The van der Waals surface area contributed by atoms with Gasteiger partial charge >= 0.3 is 12.0 Å². The molecule has 0 radical (unpaired) electrons. The lowest BCUT2D eigenvalue weighted by Gasteiger charge is -2.21. The maximum absolute atomic E-state index is 13.0. The summed E-state index contributed by atoms with van der Waals surface area (Å²) in [7, 11) is 1.25. The molecule has 2 aromatic heterocycles. The average Bonchev–Trinajstić information content (AvgIpc) is 3.53. The smallest absolute Gasteiger partial charge is 0.373 e. The molecule has 3 heterocycles. The van der Waals surface area contributed by atoms with Gasteiger partial charge in [0, 0.05) is 35.9 Å². The number of benzene rings is 1. The van der Waals surface area contributed by atoms with Gasteiger partial charge in [-0.15, -0.1) is 0 Å². The van der Waals surface area contributed by atoms with Crippen LogP contribution in [-0.2, 0) is 16.1 Å². The van der Waals surface area contributed by atoms with Crippen molar-refractivity contribution in [1.29, 1.82) is 0 Å². The number of nitrogens with one attached hydrogen (secondary N) is 1. The Morgan fingerprint density at radius 3 is 2.42 bits per heavy atom. The number of carbonyl (C=O) groups is 3. The lowest BCUT2D eigenvalue weighted by atomic mass is 10.2. The Bertz CT molecular complexity index is 1330. The van der Waals surface area contributed by atoms with E-state index in [1.807, 2.05) is 19.9 Å². The fraction of sp³-hybridized carbons (Fsp3) is 0.296. The van der Waals surface area contributed by atoms with Crippen molar-refractivity contribution in [3.63, 3.8) is 0 Å². The van der Waals surface area contributed by atoms with Gasteiger partial charge in [0.25, 0.3) is 5.91 Å². The summed E-state index contributed by atoms with van der Waals surface area (Å²) in [4.78, 5) is 40.4. The highest BCUT2D eigenvalue weighted by Crippen LogP contribution is 2.26. The molecule has 0 saturated carbocycles. The lowest BCUT2D eigenvalue weighted by Crippen LogP contribution is -2.30. The van der Waals surface area contributed by atoms with Crippen molar-refractivity contribution in [2.45, 2.75) is 34.2 Å². The number of imide groups is 1. The van der Waals surface area contributed by atoms with Crippen LogP contribution in [0.5, 0.6) is 0 Å². The number of carbonyl (C=O) groups excluding carboxylic acids is 3. The van der Waals surface area contributed by atoms with Gasteiger partial charge in [-0.05, 0) is 81.8 Å². The third-order valence-corrected chi connectivity index (χ3v) is 6.33. The first-order valence-electron chi connectivity index (χ1n) is 11.8. The topological polar surface area (TPSA) is 97.0 Å². The average molecular weight is 491 g/mol. The van der Waals surface area contributed by atoms with Crippen molar-refractivity contribution in [3.05, 3.63) is 76.6 Å². The van der Waals surface area contributed by atoms with Crippen molar-refractivity contribution >= 4 is 29.7 Å². The summed E-state index contributed by atoms with van der Waals surface area (Å²) >= 11 is 0. The van der Waals surface area contributed by atoms with E-state index in [9.17, 15) is 14.4 Å². The Hall–Kier alpha value is -4.27. The van der Waals surface area contributed by atoms with Gasteiger partial charge in [-0.1, -0.05) is 0 Å². The molecular formula is C27H30N4O5. The van der Waals surface area contributed by atoms with Crippen molar-refractivity contribution in [3.8, 4) is 5.69 Å². The normalized spacial score (nSPS) is 14.5. The van der Waals surface area contributed by atoms with Crippen molar-refractivity contribution in [2.24, 2.45) is 0 Å². The minimum atomic E-state index is -0.628. The third-order valence-electron chi connectivity index (χ3n) is 6.33. The fourth-order valence-corrected chi connectivity index (χ4v) is 4.43. The van der Waals surface area contributed by atoms with E-state index in [4.69, 9.17) is 4.42 Å². The predicted molar refractivity (Wildman–Crippen MR) is 136 cm³/mol. The summed E-state index contributed by atoms with van der Waals surface area (Å²) in [6, 6.07) is 12.8. The molecule has 0 bridgehead atoms. The zero-order valence-corrected chi connectivity index (χ0v) is 21.1. The molecule has 9 nitrogen and oxygen atoms in total. The zero-order chi connectivity index (χ0) is 26.0. The standard InChI is InChI=1S/C27H30N4O5/c1-6-29(7-2)20-8-10-21(11-9-20)31-17(3)14-19(18(31)4)15-23-25(32)30(27(34)28-23)16-22-12-13-24(36-22)26(33)35-5/h8-15H,6-7,16H2,1-5H3,(H,28,34)/b23-15-. The number of nitrogens with zero attached hydrogens (tertiary/aromatic N) is 3. The number of esters is 1. The third kappa shape index (κ3) is 4.64. The van der Waals surface area contributed by atoms with Gasteiger partial charge in [0.2, 0.25) is 5.76 Å². The van der Waals surface area contributed by atoms with Crippen LogP contribution >= 0.6 is 0 Å². The van der Waals surface area contributed by atoms with E-state index in [2.05, 4.69) is 57.6 Å². The molecule has 1 aliphatic heterocycles. The number of methoxy groups -OCH3 is 1. The minimum absolute atomic E-state index is 0.00730. The molecule has 3 amide bonds. The van der Waals surface area contributed by atoms with Gasteiger partial charge in [0.1, 0.15) is 11.5 Å². The number of amides is 3. The van der Waals surface area contributed by atoms with Crippen LogP contribution in [0.4, 0.5) is 10.5 Å². The molecule has 0 unspecified atom stereocenters. The number of furan rings is 1. The van der Waals surface area contributed by atoms with E-state index in [-0.39, 0.29) is 18.0 Å². The Kier molecular flexibility index (Phi) is 7.00. The second-order valence-electron chi connectivity index (χ2n) is 8.49. The molecule has 0 aliphatic carbocycles. The molecule has 1 saturated heterocycles. The first kappa shape index (κ1) is 24.8. The number of hydrogen-bond acceptors (Lipinski definition) is 6. The van der Waals surface area contributed by atoms with Crippen molar-refractivity contribution in [2.75, 3.05) is 25.1 Å². The molecule has 36 heavy (non-hydrogen) atoms. The number of ether oxygens (including phenoxy) is 1. The van der Waals surface area contributed by atoms with E-state index in [0.29, 0.717) is 5.76 Å². The first-order chi connectivity index (χ1) is 17.3. The molecule has 4 rings (SSSR count). The molecular weight excluding hydrogens is 460 g/mol. The molecule has 188 valence electrons.